The minimum Gasteiger partial charge on any atom is -0.389 e. The number of thiazole rings is 1. The third kappa shape index (κ3) is 2.00. The molecular formula is C11H8FNO2S. The molecular weight excluding hydrogens is 229 g/mol. The first-order valence-corrected chi connectivity index (χ1v) is 5.38. The third-order valence-electron chi connectivity index (χ3n) is 2.05. The minimum atomic E-state index is -0.330. The molecule has 2 aromatic rings. The molecule has 82 valence electrons. The summed E-state index contributed by atoms with van der Waals surface area (Å²) in [6.45, 7) is -0.202. The highest BCUT2D eigenvalue weighted by Gasteiger charge is 2.11. The van der Waals surface area contributed by atoms with Crippen molar-refractivity contribution >= 4 is 17.6 Å². The zero-order chi connectivity index (χ0) is 11.5. The maximum absolute atomic E-state index is 12.7. The Bertz CT molecular complexity index is 507. The Morgan fingerprint density at radius 3 is 2.62 bits per heavy atom. The molecule has 1 aromatic carbocycles. The van der Waals surface area contributed by atoms with Crippen molar-refractivity contribution in [2.45, 2.75) is 6.61 Å². The van der Waals surface area contributed by atoms with Gasteiger partial charge < -0.3 is 5.11 Å². The normalized spacial score (nSPS) is 10.4. The van der Waals surface area contributed by atoms with Gasteiger partial charge in [-0.3, -0.25) is 4.79 Å². The van der Waals surface area contributed by atoms with Gasteiger partial charge >= 0.3 is 0 Å². The van der Waals surface area contributed by atoms with Crippen molar-refractivity contribution in [2.75, 3.05) is 0 Å². The molecule has 0 saturated heterocycles. The standard InChI is InChI=1S/C11H8FNO2S/c12-8-3-1-7(2-4-8)11-9(5-14)13-10(6-15)16-11/h1-5,15H,6H2. The van der Waals surface area contributed by atoms with Crippen molar-refractivity contribution in [1.29, 1.82) is 0 Å². The van der Waals surface area contributed by atoms with Crippen LogP contribution < -0.4 is 0 Å². The van der Waals surface area contributed by atoms with Crippen molar-refractivity contribution in [2.24, 2.45) is 0 Å². The number of aliphatic hydroxyl groups excluding tert-OH is 1. The van der Waals surface area contributed by atoms with Gasteiger partial charge in [0.25, 0.3) is 0 Å². The van der Waals surface area contributed by atoms with E-state index in [2.05, 4.69) is 4.98 Å². The number of hydrogen-bond acceptors (Lipinski definition) is 4. The van der Waals surface area contributed by atoms with Gasteiger partial charge in [-0.1, -0.05) is 12.1 Å². The van der Waals surface area contributed by atoms with Gasteiger partial charge in [-0.15, -0.1) is 11.3 Å². The first kappa shape index (κ1) is 10.9. The lowest BCUT2D eigenvalue weighted by atomic mass is 10.1. The van der Waals surface area contributed by atoms with Crippen LogP contribution in [0.1, 0.15) is 15.5 Å². The predicted molar refractivity (Wildman–Crippen MR) is 58.8 cm³/mol. The first-order chi connectivity index (χ1) is 7.74. The number of nitrogens with zero attached hydrogens (tertiary/aromatic N) is 1. The van der Waals surface area contributed by atoms with Crippen LogP contribution in [0.15, 0.2) is 24.3 Å². The summed E-state index contributed by atoms with van der Waals surface area (Å²) in [5.41, 5.74) is 1.00. The Kier molecular flexibility index (Phi) is 3.07. The molecule has 16 heavy (non-hydrogen) atoms. The van der Waals surface area contributed by atoms with Crippen molar-refractivity contribution in [1.82, 2.24) is 4.98 Å². The molecule has 0 spiro atoms. The molecule has 1 N–H and O–H groups in total. The van der Waals surface area contributed by atoms with Crippen molar-refractivity contribution in [3.8, 4) is 10.4 Å². The molecule has 0 unspecified atom stereocenters. The van der Waals surface area contributed by atoms with Crippen LogP contribution in [0, 0.1) is 5.82 Å². The first-order valence-electron chi connectivity index (χ1n) is 4.56. The molecule has 0 aliphatic rings. The fraction of sp³-hybridized carbons (Fsp3) is 0.0909. The van der Waals surface area contributed by atoms with Crippen LogP contribution >= 0.6 is 11.3 Å². The smallest absolute Gasteiger partial charge is 0.169 e. The number of benzene rings is 1. The molecule has 0 radical (unpaired) electrons. The molecule has 0 aliphatic carbocycles. The summed E-state index contributed by atoms with van der Waals surface area (Å²) in [6.07, 6.45) is 0.633. The number of carbonyl (C=O) groups is 1. The third-order valence-corrected chi connectivity index (χ3v) is 3.16. The van der Waals surface area contributed by atoms with Gasteiger partial charge in [-0.25, -0.2) is 9.37 Å². The maximum atomic E-state index is 12.7. The largest absolute Gasteiger partial charge is 0.389 e. The molecule has 0 amide bonds. The van der Waals surface area contributed by atoms with Gasteiger partial charge in [-0.05, 0) is 17.7 Å². The lowest BCUT2D eigenvalue weighted by molar-refractivity contribution is 0.112. The summed E-state index contributed by atoms with van der Waals surface area (Å²) < 4.78 is 12.7. The highest BCUT2D eigenvalue weighted by Crippen LogP contribution is 2.29. The van der Waals surface area contributed by atoms with E-state index in [0.29, 0.717) is 16.2 Å². The number of hydrogen-bond donors (Lipinski definition) is 1. The Hall–Kier alpha value is -1.59. The molecule has 0 atom stereocenters. The molecule has 5 heteroatoms. The van der Waals surface area contributed by atoms with Crippen LogP contribution in [0.2, 0.25) is 0 Å². The van der Waals surface area contributed by atoms with Gasteiger partial charge in [0.1, 0.15) is 16.5 Å². The Morgan fingerprint density at radius 1 is 1.38 bits per heavy atom. The second kappa shape index (κ2) is 4.51. The molecule has 0 bridgehead atoms. The number of aldehydes is 1. The van der Waals surface area contributed by atoms with Crippen molar-refractivity contribution in [3.05, 3.63) is 40.8 Å². The molecule has 0 saturated carbocycles. The topological polar surface area (TPSA) is 50.2 Å². The van der Waals surface area contributed by atoms with Crippen molar-refractivity contribution < 1.29 is 14.3 Å². The summed E-state index contributed by atoms with van der Waals surface area (Å²) in [5.74, 6) is -0.330. The van der Waals surface area contributed by atoms with E-state index in [1.54, 1.807) is 12.1 Å². The average Bonchev–Trinajstić information content (AvgIpc) is 2.73. The number of carbonyl (C=O) groups excluding carboxylic acids is 1. The fourth-order valence-corrected chi connectivity index (χ4v) is 2.23. The average molecular weight is 237 g/mol. The lowest BCUT2D eigenvalue weighted by Gasteiger charge is -1.96. The van der Waals surface area contributed by atoms with Gasteiger partial charge in [0, 0.05) is 0 Å². The van der Waals surface area contributed by atoms with Crippen LogP contribution in [0.5, 0.6) is 0 Å². The van der Waals surface area contributed by atoms with Crippen LogP contribution in [0.4, 0.5) is 4.39 Å². The second-order valence-electron chi connectivity index (χ2n) is 3.10. The van der Waals surface area contributed by atoms with E-state index in [-0.39, 0.29) is 18.1 Å². The quantitative estimate of drug-likeness (QED) is 0.833. The molecule has 0 aliphatic heterocycles. The van der Waals surface area contributed by atoms with Gasteiger partial charge in [0.15, 0.2) is 6.29 Å². The molecule has 1 heterocycles. The van der Waals surface area contributed by atoms with Crippen LogP contribution in [0.25, 0.3) is 10.4 Å². The van der Waals surface area contributed by atoms with E-state index in [1.165, 1.54) is 23.5 Å². The van der Waals surface area contributed by atoms with Gasteiger partial charge in [0.2, 0.25) is 0 Å². The van der Waals surface area contributed by atoms with E-state index in [9.17, 15) is 9.18 Å². The lowest BCUT2D eigenvalue weighted by Crippen LogP contribution is -1.85. The van der Waals surface area contributed by atoms with E-state index < -0.39 is 0 Å². The van der Waals surface area contributed by atoms with E-state index >= 15 is 0 Å². The zero-order valence-electron chi connectivity index (χ0n) is 8.18. The van der Waals surface area contributed by atoms with E-state index in [0.717, 1.165) is 5.56 Å². The summed E-state index contributed by atoms with van der Waals surface area (Å²) in [4.78, 5) is 15.4. The summed E-state index contributed by atoms with van der Waals surface area (Å²) in [7, 11) is 0. The number of aromatic nitrogens is 1. The molecule has 3 nitrogen and oxygen atoms in total. The van der Waals surface area contributed by atoms with Crippen LogP contribution in [0.3, 0.4) is 0 Å². The second-order valence-corrected chi connectivity index (χ2v) is 4.19. The van der Waals surface area contributed by atoms with Gasteiger partial charge in [-0.2, -0.15) is 0 Å². The predicted octanol–water partition coefficient (Wildman–Crippen LogP) is 2.25. The summed E-state index contributed by atoms with van der Waals surface area (Å²) >= 11 is 1.23. The van der Waals surface area contributed by atoms with Crippen molar-refractivity contribution in [3.63, 3.8) is 0 Å². The summed E-state index contributed by atoms with van der Waals surface area (Å²) in [5, 5.41) is 9.41. The Morgan fingerprint density at radius 2 is 2.06 bits per heavy atom. The van der Waals surface area contributed by atoms with Gasteiger partial charge in [0.05, 0.1) is 11.5 Å². The number of halogens is 1. The molecule has 2 rings (SSSR count). The zero-order valence-corrected chi connectivity index (χ0v) is 9.00. The SMILES string of the molecule is O=Cc1nc(CO)sc1-c1ccc(F)cc1. The number of aliphatic hydroxyl groups is 1. The van der Waals surface area contributed by atoms with E-state index in [1.807, 2.05) is 0 Å². The van der Waals surface area contributed by atoms with E-state index in [4.69, 9.17) is 5.11 Å². The maximum Gasteiger partial charge on any atom is 0.169 e. The molecule has 1 aromatic heterocycles. The molecule has 0 fully saturated rings. The minimum absolute atomic E-state index is 0.202. The van der Waals surface area contributed by atoms with Crippen LogP contribution in [-0.2, 0) is 6.61 Å². The number of rotatable bonds is 3. The monoisotopic (exact) mass is 237 g/mol. The Balaban J connectivity index is 2.49. The Labute approximate surface area is 95.2 Å². The highest BCUT2D eigenvalue weighted by atomic mass is 32.1. The summed E-state index contributed by atoms with van der Waals surface area (Å²) in [6, 6.07) is 5.80. The van der Waals surface area contributed by atoms with Crippen LogP contribution in [-0.4, -0.2) is 16.4 Å². The highest BCUT2D eigenvalue weighted by molar-refractivity contribution is 7.15. The fourth-order valence-electron chi connectivity index (χ4n) is 1.33.